The van der Waals surface area contributed by atoms with Gasteiger partial charge in [-0.3, -0.25) is 14.5 Å². The number of carbonyl (C=O) groups is 3. The Labute approximate surface area is 194 Å². The van der Waals surface area contributed by atoms with E-state index in [-0.39, 0.29) is 30.7 Å². The number of urea groups is 1. The first kappa shape index (κ1) is 22.8. The van der Waals surface area contributed by atoms with Gasteiger partial charge in [0.1, 0.15) is 0 Å². The first-order valence-corrected chi connectivity index (χ1v) is 11.5. The molecule has 2 fully saturated rings. The van der Waals surface area contributed by atoms with Crippen LogP contribution in [0.1, 0.15) is 38.2 Å². The normalized spacial score (nSPS) is 22.6. The molecule has 2 heterocycles. The number of benzene rings is 2. The van der Waals surface area contributed by atoms with Gasteiger partial charge in [-0.15, -0.1) is 0 Å². The van der Waals surface area contributed by atoms with Gasteiger partial charge in [-0.05, 0) is 23.6 Å². The molecule has 0 radical (unpaired) electrons. The lowest BCUT2D eigenvalue weighted by atomic mass is 9.81. The summed E-state index contributed by atoms with van der Waals surface area (Å²) in [6, 6.07) is 19.6. The van der Waals surface area contributed by atoms with Gasteiger partial charge in [0, 0.05) is 44.2 Å². The summed E-state index contributed by atoms with van der Waals surface area (Å²) in [6.07, 6.45) is -0.235. The van der Waals surface area contributed by atoms with Gasteiger partial charge in [0.25, 0.3) is 0 Å². The van der Waals surface area contributed by atoms with Crippen molar-refractivity contribution in [3.8, 4) is 0 Å². The second kappa shape index (κ2) is 9.25. The van der Waals surface area contributed by atoms with Crippen LogP contribution in [-0.2, 0) is 9.59 Å². The van der Waals surface area contributed by atoms with E-state index in [1.807, 2.05) is 58.3 Å². The molecule has 2 aromatic carbocycles. The van der Waals surface area contributed by atoms with Crippen LogP contribution in [0.2, 0.25) is 0 Å². The monoisotopic (exact) mass is 449 g/mol. The van der Waals surface area contributed by atoms with Gasteiger partial charge in [-0.1, -0.05) is 62.4 Å². The van der Waals surface area contributed by atoms with Gasteiger partial charge in [0.05, 0.1) is 12.0 Å². The molecule has 7 nitrogen and oxygen atoms in total. The van der Waals surface area contributed by atoms with Crippen LogP contribution in [0, 0.1) is 5.92 Å². The molecule has 2 aliphatic rings. The van der Waals surface area contributed by atoms with E-state index in [9.17, 15) is 14.4 Å². The molecule has 174 valence electrons. The molecule has 3 amide bonds. The summed E-state index contributed by atoms with van der Waals surface area (Å²) in [5, 5.41) is 9.05. The van der Waals surface area contributed by atoms with E-state index in [0.29, 0.717) is 32.1 Å². The predicted molar refractivity (Wildman–Crippen MR) is 126 cm³/mol. The minimum Gasteiger partial charge on any atom is -0.481 e. The number of rotatable bonds is 7. The van der Waals surface area contributed by atoms with Crippen molar-refractivity contribution >= 4 is 23.6 Å². The molecule has 1 spiro atoms. The molecule has 4 rings (SSSR count). The Morgan fingerprint density at radius 2 is 1.64 bits per heavy atom. The van der Waals surface area contributed by atoms with Crippen LogP contribution in [0.4, 0.5) is 10.5 Å². The second-order valence-corrected chi connectivity index (χ2v) is 9.46. The lowest BCUT2D eigenvalue weighted by Crippen LogP contribution is -2.53. The molecule has 2 aliphatic heterocycles. The number of amides is 3. The van der Waals surface area contributed by atoms with E-state index in [2.05, 4.69) is 26.0 Å². The summed E-state index contributed by atoms with van der Waals surface area (Å²) in [5.41, 5.74) is 1.26. The summed E-state index contributed by atoms with van der Waals surface area (Å²) >= 11 is 0. The smallest absolute Gasteiger partial charge is 0.325 e. The Bertz CT molecular complexity index is 1010. The van der Waals surface area contributed by atoms with Gasteiger partial charge in [0.15, 0.2) is 0 Å². The fourth-order valence-electron chi connectivity index (χ4n) is 5.27. The van der Waals surface area contributed by atoms with Crippen LogP contribution in [0.15, 0.2) is 60.7 Å². The minimum atomic E-state index is -0.984. The molecule has 0 aromatic heterocycles. The van der Waals surface area contributed by atoms with Crippen LogP contribution in [0.25, 0.3) is 0 Å². The molecule has 0 unspecified atom stereocenters. The number of carboxylic acid groups (broad SMARTS) is 1. The number of hydrogen-bond donors (Lipinski definition) is 1. The molecule has 0 saturated carbocycles. The Morgan fingerprint density at radius 1 is 1.00 bits per heavy atom. The Hall–Kier alpha value is -3.35. The Kier molecular flexibility index (Phi) is 6.40. The SMILES string of the molecule is CC(C)CN1C[C@@]2(CN(C(=O)CCC(=O)O)C[C@@H]2c2ccccc2)N(c2ccccc2)C1=O. The van der Waals surface area contributed by atoms with E-state index in [4.69, 9.17) is 5.11 Å². The highest BCUT2D eigenvalue weighted by molar-refractivity contribution is 5.97. The summed E-state index contributed by atoms with van der Waals surface area (Å²) < 4.78 is 0. The van der Waals surface area contributed by atoms with E-state index in [1.165, 1.54) is 0 Å². The summed E-state index contributed by atoms with van der Waals surface area (Å²) in [4.78, 5) is 43.3. The molecule has 33 heavy (non-hydrogen) atoms. The number of anilines is 1. The van der Waals surface area contributed by atoms with Crippen LogP contribution in [0.5, 0.6) is 0 Å². The predicted octanol–water partition coefficient (Wildman–Crippen LogP) is 3.81. The number of likely N-dealkylation sites (tertiary alicyclic amines) is 1. The lowest BCUT2D eigenvalue weighted by molar-refractivity contribution is -0.140. The van der Waals surface area contributed by atoms with E-state index >= 15 is 0 Å². The Balaban J connectivity index is 1.78. The standard InChI is InChI=1S/C26H31N3O4/c1-19(2)15-28-18-26(29(25(28)33)21-11-7-4-8-12-21)17-27(23(30)13-14-24(31)32)16-22(26)20-9-5-3-6-10-20/h3-12,19,22H,13-18H2,1-2H3,(H,31,32)/t22-,26-/m1/s1. The minimum absolute atomic E-state index is 0.0398. The van der Waals surface area contributed by atoms with Crippen molar-refractivity contribution in [3.63, 3.8) is 0 Å². The maximum Gasteiger partial charge on any atom is 0.325 e. The quantitative estimate of drug-likeness (QED) is 0.697. The highest BCUT2D eigenvalue weighted by Crippen LogP contribution is 2.47. The number of aliphatic carboxylic acids is 1. The fourth-order valence-corrected chi connectivity index (χ4v) is 5.27. The van der Waals surface area contributed by atoms with Crippen molar-refractivity contribution in [1.82, 2.24) is 9.80 Å². The zero-order valence-corrected chi connectivity index (χ0v) is 19.2. The van der Waals surface area contributed by atoms with Crippen molar-refractivity contribution in [2.45, 2.75) is 38.1 Å². The van der Waals surface area contributed by atoms with Gasteiger partial charge in [-0.2, -0.15) is 0 Å². The number of carbonyl (C=O) groups excluding carboxylic acids is 2. The van der Waals surface area contributed by atoms with Crippen molar-refractivity contribution in [2.24, 2.45) is 5.92 Å². The zero-order chi connectivity index (χ0) is 23.6. The molecule has 0 bridgehead atoms. The van der Waals surface area contributed by atoms with Gasteiger partial charge >= 0.3 is 12.0 Å². The molecular weight excluding hydrogens is 418 g/mol. The Morgan fingerprint density at radius 3 is 2.24 bits per heavy atom. The van der Waals surface area contributed by atoms with Crippen molar-refractivity contribution in [2.75, 3.05) is 31.1 Å². The highest BCUT2D eigenvalue weighted by atomic mass is 16.4. The van der Waals surface area contributed by atoms with Crippen molar-refractivity contribution in [3.05, 3.63) is 66.2 Å². The number of hydrogen-bond acceptors (Lipinski definition) is 3. The highest BCUT2D eigenvalue weighted by Gasteiger charge is 2.60. The maximum atomic E-state index is 13.7. The van der Waals surface area contributed by atoms with Crippen LogP contribution >= 0.6 is 0 Å². The number of nitrogens with zero attached hydrogens (tertiary/aromatic N) is 3. The van der Waals surface area contributed by atoms with Gasteiger partial charge in [0.2, 0.25) is 5.91 Å². The van der Waals surface area contributed by atoms with E-state index < -0.39 is 11.5 Å². The van der Waals surface area contributed by atoms with Gasteiger partial charge < -0.3 is 14.9 Å². The molecule has 0 aliphatic carbocycles. The van der Waals surface area contributed by atoms with Crippen molar-refractivity contribution < 1.29 is 19.5 Å². The third kappa shape index (κ3) is 4.45. The zero-order valence-electron chi connectivity index (χ0n) is 19.2. The number of carboxylic acids is 1. The lowest BCUT2D eigenvalue weighted by Gasteiger charge is -2.38. The molecule has 2 aromatic rings. The third-order valence-electron chi connectivity index (χ3n) is 6.60. The fraction of sp³-hybridized carbons (Fsp3) is 0.423. The summed E-state index contributed by atoms with van der Waals surface area (Å²) in [7, 11) is 0. The average molecular weight is 450 g/mol. The van der Waals surface area contributed by atoms with Crippen LogP contribution in [-0.4, -0.2) is 64.5 Å². The number of para-hydroxylation sites is 1. The first-order chi connectivity index (χ1) is 15.8. The largest absolute Gasteiger partial charge is 0.481 e. The maximum absolute atomic E-state index is 13.7. The second-order valence-electron chi connectivity index (χ2n) is 9.46. The van der Waals surface area contributed by atoms with Gasteiger partial charge in [-0.25, -0.2) is 4.79 Å². The first-order valence-electron chi connectivity index (χ1n) is 11.5. The third-order valence-corrected chi connectivity index (χ3v) is 6.60. The van der Waals surface area contributed by atoms with E-state index in [1.54, 1.807) is 4.90 Å². The van der Waals surface area contributed by atoms with Crippen LogP contribution in [0.3, 0.4) is 0 Å². The average Bonchev–Trinajstić information content (AvgIpc) is 3.30. The van der Waals surface area contributed by atoms with Crippen molar-refractivity contribution in [1.29, 1.82) is 0 Å². The molecule has 1 N–H and O–H groups in total. The topological polar surface area (TPSA) is 81.2 Å². The van der Waals surface area contributed by atoms with Crippen LogP contribution < -0.4 is 4.90 Å². The summed E-state index contributed by atoms with van der Waals surface area (Å²) in [5.74, 6) is -0.944. The molecule has 2 saturated heterocycles. The summed E-state index contributed by atoms with van der Waals surface area (Å²) in [6.45, 7) is 6.17. The molecule has 2 atom stereocenters. The van der Waals surface area contributed by atoms with E-state index in [0.717, 1.165) is 11.3 Å². The molecule has 7 heteroatoms. The molecular formula is C26H31N3O4.